The van der Waals surface area contributed by atoms with Gasteiger partial charge < -0.3 is 15.0 Å². The van der Waals surface area contributed by atoms with E-state index in [1.165, 1.54) is 13.2 Å². The molecule has 1 aliphatic rings. The van der Waals surface area contributed by atoms with Gasteiger partial charge in [-0.05, 0) is 12.1 Å². The third-order valence-corrected chi connectivity index (χ3v) is 4.45. The summed E-state index contributed by atoms with van der Waals surface area (Å²) < 4.78 is 5.02. The Bertz CT molecular complexity index is 682. The van der Waals surface area contributed by atoms with E-state index >= 15 is 0 Å². The van der Waals surface area contributed by atoms with Gasteiger partial charge in [-0.15, -0.1) is 11.3 Å². The van der Waals surface area contributed by atoms with Crippen LogP contribution in [0.15, 0.2) is 23.6 Å². The van der Waals surface area contributed by atoms with Crippen molar-refractivity contribution in [2.45, 2.75) is 0 Å². The number of nitrogens with zero attached hydrogens (tertiary/aromatic N) is 3. The van der Waals surface area contributed by atoms with Gasteiger partial charge in [0.05, 0.1) is 17.7 Å². The summed E-state index contributed by atoms with van der Waals surface area (Å²) in [4.78, 5) is 17.5. The lowest BCUT2D eigenvalue weighted by Gasteiger charge is -2.26. The molecule has 0 radical (unpaired) electrons. The van der Waals surface area contributed by atoms with Crippen LogP contribution in [0.2, 0.25) is 0 Å². The number of piperazine rings is 1. The summed E-state index contributed by atoms with van der Waals surface area (Å²) in [5.74, 6) is 0.256. The SMILES string of the molecule is COc1ccc(-c2csc(N3CCNCC3)n2)cc1[N+](=O)[O-]. The van der Waals surface area contributed by atoms with E-state index in [4.69, 9.17) is 4.74 Å². The highest BCUT2D eigenvalue weighted by Crippen LogP contribution is 2.34. The third-order valence-electron chi connectivity index (χ3n) is 3.55. The number of methoxy groups -OCH3 is 1. The van der Waals surface area contributed by atoms with Gasteiger partial charge in [0.25, 0.3) is 0 Å². The number of ether oxygens (including phenoxy) is 1. The van der Waals surface area contributed by atoms with Gasteiger partial charge in [0.15, 0.2) is 10.9 Å². The molecule has 0 aliphatic carbocycles. The molecule has 2 aromatic rings. The smallest absolute Gasteiger partial charge is 0.311 e. The largest absolute Gasteiger partial charge is 0.490 e. The van der Waals surface area contributed by atoms with Crippen molar-refractivity contribution in [3.05, 3.63) is 33.7 Å². The first-order valence-electron chi connectivity index (χ1n) is 6.93. The minimum Gasteiger partial charge on any atom is -0.490 e. The minimum atomic E-state index is -0.439. The van der Waals surface area contributed by atoms with Crippen LogP contribution >= 0.6 is 11.3 Å². The number of hydrogen-bond donors (Lipinski definition) is 1. The minimum absolute atomic E-state index is 0.0447. The van der Waals surface area contributed by atoms with Crippen LogP contribution in [0, 0.1) is 10.1 Å². The normalized spacial score (nSPS) is 14.9. The van der Waals surface area contributed by atoms with E-state index in [0.717, 1.165) is 42.6 Å². The third kappa shape index (κ3) is 2.88. The molecule has 7 nitrogen and oxygen atoms in total. The van der Waals surface area contributed by atoms with Gasteiger partial charge in [-0.25, -0.2) is 4.98 Å². The van der Waals surface area contributed by atoms with Gasteiger partial charge in [0, 0.05) is 43.2 Å². The molecule has 2 heterocycles. The van der Waals surface area contributed by atoms with Crippen molar-refractivity contribution in [2.24, 2.45) is 0 Å². The molecule has 1 fully saturated rings. The zero-order chi connectivity index (χ0) is 15.5. The van der Waals surface area contributed by atoms with Gasteiger partial charge in [-0.2, -0.15) is 0 Å². The number of hydrogen-bond acceptors (Lipinski definition) is 7. The fourth-order valence-electron chi connectivity index (χ4n) is 2.39. The number of nitro groups is 1. The van der Waals surface area contributed by atoms with E-state index in [1.54, 1.807) is 23.5 Å². The van der Waals surface area contributed by atoms with Gasteiger partial charge in [-0.1, -0.05) is 0 Å². The van der Waals surface area contributed by atoms with E-state index in [0.29, 0.717) is 0 Å². The van der Waals surface area contributed by atoms with Crippen molar-refractivity contribution in [3.63, 3.8) is 0 Å². The summed E-state index contributed by atoms with van der Waals surface area (Å²) in [6.45, 7) is 3.75. The van der Waals surface area contributed by atoms with Crippen molar-refractivity contribution in [1.29, 1.82) is 0 Å². The van der Waals surface area contributed by atoms with Crippen molar-refractivity contribution >= 4 is 22.2 Å². The van der Waals surface area contributed by atoms with Crippen molar-refractivity contribution in [3.8, 4) is 17.0 Å². The number of nitrogens with one attached hydrogen (secondary N) is 1. The standard InChI is InChI=1S/C14H16N4O3S/c1-21-13-3-2-10(8-12(13)18(19)20)11-9-22-14(16-11)17-6-4-15-5-7-17/h2-3,8-9,15H,4-7H2,1H3. The van der Waals surface area contributed by atoms with Crippen LogP contribution in [0.3, 0.4) is 0 Å². The number of aromatic nitrogens is 1. The summed E-state index contributed by atoms with van der Waals surface area (Å²) >= 11 is 1.56. The molecule has 8 heteroatoms. The van der Waals surface area contributed by atoms with Crippen LogP contribution in [0.4, 0.5) is 10.8 Å². The first-order valence-corrected chi connectivity index (χ1v) is 7.81. The molecule has 0 bridgehead atoms. The lowest BCUT2D eigenvalue weighted by molar-refractivity contribution is -0.385. The quantitative estimate of drug-likeness (QED) is 0.686. The molecule has 0 saturated carbocycles. The molecular formula is C14H16N4O3S. The molecule has 1 aliphatic heterocycles. The first kappa shape index (κ1) is 14.7. The molecule has 1 aromatic heterocycles. The van der Waals surface area contributed by atoms with Gasteiger partial charge in [0.2, 0.25) is 0 Å². The summed E-state index contributed by atoms with van der Waals surface area (Å²) in [6.07, 6.45) is 0. The molecule has 0 spiro atoms. The number of thiazole rings is 1. The average Bonchev–Trinajstić information content (AvgIpc) is 3.05. The summed E-state index contributed by atoms with van der Waals surface area (Å²) in [7, 11) is 1.42. The fourth-order valence-corrected chi connectivity index (χ4v) is 3.28. The van der Waals surface area contributed by atoms with Crippen LogP contribution in [-0.4, -0.2) is 43.2 Å². The highest BCUT2D eigenvalue weighted by atomic mass is 32.1. The molecule has 0 amide bonds. The lowest BCUT2D eigenvalue weighted by atomic mass is 10.1. The molecule has 1 N–H and O–H groups in total. The number of anilines is 1. The van der Waals surface area contributed by atoms with E-state index in [1.807, 2.05) is 5.38 Å². The summed E-state index contributed by atoms with van der Waals surface area (Å²) in [5.41, 5.74) is 1.44. The maximum atomic E-state index is 11.1. The van der Waals surface area contributed by atoms with Gasteiger partial charge in [-0.3, -0.25) is 10.1 Å². The Morgan fingerprint density at radius 2 is 2.18 bits per heavy atom. The average molecular weight is 320 g/mol. The predicted molar refractivity (Wildman–Crippen MR) is 85.8 cm³/mol. The molecule has 0 unspecified atom stereocenters. The monoisotopic (exact) mass is 320 g/mol. The van der Waals surface area contributed by atoms with Crippen molar-refractivity contribution in [2.75, 3.05) is 38.2 Å². The van der Waals surface area contributed by atoms with Crippen molar-refractivity contribution in [1.82, 2.24) is 10.3 Å². The Kier molecular flexibility index (Phi) is 4.21. The Morgan fingerprint density at radius 3 is 2.86 bits per heavy atom. The second-order valence-electron chi connectivity index (χ2n) is 4.90. The highest BCUT2D eigenvalue weighted by Gasteiger charge is 2.18. The lowest BCUT2D eigenvalue weighted by Crippen LogP contribution is -2.43. The summed E-state index contributed by atoms with van der Waals surface area (Å²) in [5, 5.41) is 17.3. The Balaban J connectivity index is 1.89. The maximum Gasteiger partial charge on any atom is 0.311 e. The molecule has 1 saturated heterocycles. The van der Waals surface area contributed by atoms with Crippen LogP contribution in [0.5, 0.6) is 5.75 Å². The summed E-state index contributed by atoms with van der Waals surface area (Å²) in [6, 6.07) is 4.91. The number of rotatable bonds is 4. The molecule has 22 heavy (non-hydrogen) atoms. The Labute approximate surface area is 131 Å². The fraction of sp³-hybridized carbons (Fsp3) is 0.357. The predicted octanol–water partition coefficient (Wildman–Crippen LogP) is 2.14. The van der Waals surface area contributed by atoms with Crippen molar-refractivity contribution < 1.29 is 9.66 Å². The first-order chi connectivity index (χ1) is 10.7. The van der Waals surface area contributed by atoms with Gasteiger partial charge >= 0.3 is 5.69 Å². The zero-order valence-electron chi connectivity index (χ0n) is 12.1. The van der Waals surface area contributed by atoms with E-state index in [-0.39, 0.29) is 11.4 Å². The van der Waals surface area contributed by atoms with E-state index < -0.39 is 4.92 Å². The van der Waals surface area contributed by atoms with Crippen LogP contribution in [0.1, 0.15) is 0 Å². The van der Waals surface area contributed by atoms with Crippen LogP contribution in [0.25, 0.3) is 11.3 Å². The van der Waals surface area contributed by atoms with Crippen LogP contribution in [-0.2, 0) is 0 Å². The van der Waals surface area contributed by atoms with Gasteiger partial charge in [0.1, 0.15) is 0 Å². The second kappa shape index (κ2) is 6.29. The zero-order valence-corrected chi connectivity index (χ0v) is 12.9. The molecule has 1 aromatic carbocycles. The number of nitro benzene ring substituents is 1. The molecular weight excluding hydrogens is 304 g/mol. The maximum absolute atomic E-state index is 11.1. The molecule has 0 atom stereocenters. The second-order valence-corrected chi connectivity index (χ2v) is 5.73. The number of benzene rings is 1. The van der Waals surface area contributed by atoms with Crippen LogP contribution < -0.4 is 15.0 Å². The molecule has 3 rings (SSSR count). The Morgan fingerprint density at radius 1 is 1.41 bits per heavy atom. The molecule has 116 valence electrons. The van der Waals surface area contributed by atoms with E-state index in [9.17, 15) is 10.1 Å². The van der Waals surface area contributed by atoms with E-state index in [2.05, 4.69) is 15.2 Å². The Hall–Kier alpha value is -2.19. The topological polar surface area (TPSA) is 80.5 Å². The highest BCUT2D eigenvalue weighted by molar-refractivity contribution is 7.14.